The van der Waals surface area contributed by atoms with Crippen LogP contribution in [-0.2, 0) is 31.0 Å². The third kappa shape index (κ3) is 4.76. The smallest absolute Gasteiger partial charge is 0.308 e. The van der Waals surface area contributed by atoms with Crippen molar-refractivity contribution in [1.29, 1.82) is 0 Å². The van der Waals surface area contributed by atoms with Crippen molar-refractivity contribution in [2.75, 3.05) is 4.90 Å². The molecule has 0 radical (unpaired) electrons. The van der Waals surface area contributed by atoms with Crippen molar-refractivity contribution in [3.8, 4) is 5.75 Å². The van der Waals surface area contributed by atoms with Gasteiger partial charge in [-0.25, -0.2) is 17.7 Å². The quantitative estimate of drug-likeness (QED) is 0.279. The van der Waals surface area contributed by atoms with E-state index < -0.39 is 39.7 Å². The summed E-state index contributed by atoms with van der Waals surface area (Å²) in [5.74, 6) is -2.14. The molecule has 2 amide bonds. The van der Waals surface area contributed by atoms with Gasteiger partial charge in [0.2, 0.25) is 15.9 Å². The summed E-state index contributed by atoms with van der Waals surface area (Å²) in [5.41, 5.74) is 0.226. The number of amides is 2. The number of benzene rings is 2. The molecule has 0 spiro atoms. The van der Waals surface area contributed by atoms with Crippen molar-refractivity contribution in [3.05, 3.63) is 76.7 Å². The fourth-order valence-electron chi connectivity index (χ4n) is 3.60. The van der Waals surface area contributed by atoms with Crippen LogP contribution < -0.4 is 9.64 Å². The number of sulfonamides is 1. The minimum absolute atomic E-state index is 0.125. The van der Waals surface area contributed by atoms with Crippen LogP contribution in [0.5, 0.6) is 5.75 Å². The minimum atomic E-state index is -4.24. The van der Waals surface area contributed by atoms with E-state index in [4.69, 9.17) is 4.74 Å². The molecule has 1 aliphatic heterocycles. The van der Waals surface area contributed by atoms with Crippen LogP contribution in [0.3, 0.4) is 0 Å². The van der Waals surface area contributed by atoms with E-state index in [9.17, 15) is 27.2 Å². The number of anilines is 1. The molecule has 2 heterocycles. The fraction of sp³-hybridized carbons (Fsp3) is 0.174. The number of thiophene rings is 1. The summed E-state index contributed by atoms with van der Waals surface area (Å²) in [6.45, 7) is 1.12. The number of hydrogen-bond donors (Lipinski definition) is 0. The molecule has 3 aromatic rings. The molecule has 0 N–H and O–H groups in total. The lowest BCUT2D eigenvalue weighted by molar-refractivity contribution is -0.132. The highest BCUT2D eigenvalue weighted by molar-refractivity contribution is 7.89. The van der Waals surface area contributed by atoms with Crippen molar-refractivity contribution < 1.29 is 31.9 Å². The molecule has 1 aliphatic rings. The molecular formula is C23H19FN2O6S2. The average Bonchev–Trinajstić information content (AvgIpc) is 3.40. The van der Waals surface area contributed by atoms with Gasteiger partial charge < -0.3 is 4.74 Å². The zero-order valence-electron chi connectivity index (χ0n) is 17.9. The number of rotatable bonds is 7. The van der Waals surface area contributed by atoms with E-state index in [1.807, 2.05) is 0 Å². The Morgan fingerprint density at radius 3 is 2.38 bits per heavy atom. The molecule has 1 aromatic heterocycles. The third-order valence-electron chi connectivity index (χ3n) is 5.14. The Kier molecular flexibility index (Phi) is 6.60. The van der Waals surface area contributed by atoms with Crippen LogP contribution in [0.15, 0.2) is 70.9 Å². The number of halogens is 1. The summed E-state index contributed by atoms with van der Waals surface area (Å²) in [5, 5.41) is 1.77. The maximum Gasteiger partial charge on any atom is 0.308 e. The van der Waals surface area contributed by atoms with Crippen LogP contribution in [0.2, 0.25) is 0 Å². The standard InChI is InChI=1S/C23H19FN2O6S2/c1-15(27)32-18-8-6-17(7-9-18)26-22(28)13-21(23(26)29)25(14-19-3-2-12-33-19)34(30,31)20-10-4-16(24)5-11-20/h2-12,21H,13-14H2,1H3. The average molecular weight is 503 g/mol. The molecule has 176 valence electrons. The van der Waals surface area contributed by atoms with Gasteiger partial charge in [-0.15, -0.1) is 11.3 Å². The highest BCUT2D eigenvalue weighted by Crippen LogP contribution is 2.32. The summed E-state index contributed by atoms with van der Waals surface area (Å²) >= 11 is 1.31. The number of hydrogen-bond acceptors (Lipinski definition) is 7. The maximum atomic E-state index is 13.5. The van der Waals surface area contributed by atoms with E-state index in [0.29, 0.717) is 4.88 Å². The monoisotopic (exact) mass is 502 g/mol. The van der Waals surface area contributed by atoms with Crippen molar-refractivity contribution in [2.24, 2.45) is 0 Å². The first-order valence-corrected chi connectivity index (χ1v) is 12.4. The van der Waals surface area contributed by atoms with Crippen LogP contribution in [0.4, 0.5) is 10.1 Å². The number of carbonyl (C=O) groups excluding carboxylic acids is 3. The largest absolute Gasteiger partial charge is 0.427 e. The Morgan fingerprint density at radius 2 is 1.79 bits per heavy atom. The Labute approximate surface area is 199 Å². The molecule has 0 saturated carbocycles. The number of imide groups is 1. The summed E-state index contributed by atoms with van der Waals surface area (Å²) in [4.78, 5) is 38.7. The summed E-state index contributed by atoms with van der Waals surface area (Å²) in [6, 6.07) is 12.2. The van der Waals surface area contributed by atoms with Crippen LogP contribution in [0.1, 0.15) is 18.2 Å². The highest BCUT2D eigenvalue weighted by atomic mass is 32.2. The molecule has 0 bridgehead atoms. The first-order chi connectivity index (χ1) is 16.2. The third-order valence-corrected chi connectivity index (χ3v) is 7.87. The molecule has 1 atom stereocenters. The summed E-state index contributed by atoms with van der Waals surface area (Å²) < 4.78 is 46.3. The van der Waals surface area contributed by atoms with Gasteiger partial charge in [-0.1, -0.05) is 6.07 Å². The molecule has 34 heavy (non-hydrogen) atoms. The van der Waals surface area contributed by atoms with Gasteiger partial charge in [-0.05, 0) is 60.0 Å². The van der Waals surface area contributed by atoms with E-state index in [1.54, 1.807) is 17.5 Å². The number of esters is 1. The second-order valence-electron chi connectivity index (χ2n) is 7.46. The highest BCUT2D eigenvalue weighted by Gasteiger charge is 2.47. The van der Waals surface area contributed by atoms with E-state index in [0.717, 1.165) is 33.5 Å². The predicted octanol–water partition coefficient (Wildman–Crippen LogP) is 3.34. The summed E-state index contributed by atoms with van der Waals surface area (Å²) in [7, 11) is -4.24. The lowest BCUT2D eigenvalue weighted by atomic mass is 10.2. The zero-order valence-corrected chi connectivity index (χ0v) is 19.5. The first-order valence-electron chi connectivity index (χ1n) is 10.1. The van der Waals surface area contributed by atoms with Crippen molar-refractivity contribution in [1.82, 2.24) is 4.31 Å². The van der Waals surface area contributed by atoms with Crippen LogP contribution >= 0.6 is 11.3 Å². The molecule has 2 aromatic carbocycles. The maximum absolute atomic E-state index is 13.5. The van der Waals surface area contributed by atoms with Crippen molar-refractivity contribution >= 4 is 44.8 Å². The van der Waals surface area contributed by atoms with Gasteiger partial charge in [0.25, 0.3) is 5.91 Å². The predicted molar refractivity (Wildman–Crippen MR) is 122 cm³/mol. The van der Waals surface area contributed by atoms with E-state index in [1.165, 1.54) is 42.5 Å². The Morgan fingerprint density at radius 1 is 1.12 bits per heavy atom. The topological polar surface area (TPSA) is 101 Å². The molecule has 1 saturated heterocycles. The zero-order chi connectivity index (χ0) is 24.5. The SMILES string of the molecule is CC(=O)Oc1ccc(N2C(=O)CC(N(Cc3cccs3)S(=O)(=O)c3ccc(F)cc3)C2=O)cc1. The van der Waals surface area contributed by atoms with E-state index >= 15 is 0 Å². The molecule has 11 heteroatoms. The lowest BCUT2D eigenvalue weighted by Gasteiger charge is -2.26. The molecule has 1 unspecified atom stereocenters. The number of carbonyl (C=O) groups is 3. The summed E-state index contributed by atoms with van der Waals surface area (Å²) in [6.07, 6.45) is -0.351. The van der Waals surface area contributed by atoms with E-state index in [-0.39, 0.29) is 29.3 Å². The van der Waals surface area contributed by atoms with Crippen LogP contribution in [-0.4, -0.2) is 36.5 Å². The lowest BCUT2D eigenvalue weighted by Crippen LogP contribution is -2.44. The van der Waals surface area contributed by atoms with Gasteiger partial charge in [0, 0.05) is 18.3 Å². The second-order valence-corrected chi connectivity index (χ2v) is 10.4. The van der Waals surface area contributed by atoms with Crippen LogP contribution in [0.25, 0.3) is 0 Å². The number of ether oxygens (including phenoxy) is 1. The second kappa shape index (κ2) is 9.45. The normalized spacial score (nSPS) is 16.3. The molecular weight excluding hydrogens is 483 g/mol. The van der Waals surface area contributed by atoms with Crippen molar-refractivity contribution in [2.45, 2.75) is 30.8 Å². The fourth-order valence-corrected chi connectivity index (χ4v) is 5.95. The van der Waals surface area contributed by atoms with Gasteiger partial charge >= 0.3 is 5.97 Å². The Balaban J connectivity index is 1.68. The Hall–Kier alpha value is -3.41. The molecule has 0 aliphatic carbocycles. The molecule has 4 rings (SSSR count). The minimum Gasteiger partial charge on any atom is -0.427 e. The van der Waals surface area contributed by atoms with E-state index in [2.05, 4.69) is 0 Å². The first kappa shape index (κ1) is 23.7. The van der Waals surface area contributed by atoms with Gasteiger partial charge in [-0.3, -0.25) is 14.4 Å². The number of nitrogens with zero attached hydrogens (tertiary/aromatic N) is 2. The van der Waals surface area contributed by atoms with Gasteiger partial charge in [0.15, 0.2) is 0 Å². The van der Waals surface area contributed by atoms with Crippen molar-refractivity contribution in [3.63, 3.8) is 0 Å². The van der Waals surface area contributed by atoms with Gasteiger partial charge in [0.1, 0.15) is 17.6 Å². The molecule has 8 nitrogen and oxygen atoms in total. The van der Waals surface area contributed by atoms with Gasteiger partial charge in [0.05, 0.1) is 17.0 Å². The van der Waals surface area contributed by atoms with Crippen LogP contribution in [0, 0.1) is 5.82 Å². The molecule has 1 fully saturated rings. The van der Waals surface area contributed by atoms with Gasteiger partial charge in [-0.2, -0.15) is 4.31 Å². The Bertz CT molecular complexity index is 1320.